The van der Waals surface area contributed by atoms with E-state index in [4.69, 9.17) is 9.15 Å². The Hall–Kier alpha value is -3.72. The molecule has 0 saturated carbocycles. The van der Waals surface area contributed by atoms with Crippen molar-refractivity contribution >= 4 is 39.4 Å². The molecule has 0 saturated heterocycles. The van der Waals surface area contributed by atoms with Gasteiger partial charge in [-0.25, -0.2) is 9.78 Å². The van der Waals surface area contributed by atoms with Gasteiger partial charge in [0.2, 0.25) is 5.91 Å². The van der Waals surface area contributed by atoms with Crippen molar-refractivity contribution in [3.63, 3.8) is 0 Å². The summed E-state index contributed by atoms with van der Waals surface area (Å²) in [7, 11) is 0. The van der Waals surface area contributed by atoms with Crippen LogP contribution in [0.4, 0.5) is 5.13 Å². The number of hydrogen-bond acceptors (Lipinski definition) is 7. The van der Waals surface area contributed by atoms with Gasteiger partial charge in [0.25, 0.3) is 0 Å². The van der Waals surface area contributed by atoms with E-state index in [2.05, 4.69) is 10.3 Å². The van der Waals surface area contributed by atoms with Crippen LogP contribution in [-0.2, 0) is 16.1 Å². The van der Waals surface area contributed by atoms with Crippen molar-refractivity contribution in [2.75, 3.05) is 5.32 Å². The average Bonchev–Trinajstić information content (AvgIpc) is 3.30. The highest BCUT2D eigenvalue weighted by atomic mass is 32.1. The highest BCUT2D eigenvalue weighted by Crippen LogP contribution is 2.30. The van der Waals surface area contributed by atoms with Crippen molar-refractivity contribution < 1.29 is 18.7 Å². The topological polar surface area (TPSA) is 103 Å². The van der Waals surface area contributed by atoms with Gasteiger partial charge in [-0.2, -0.15) is 0 Å². The van der Waals surface area contributed by atoms with E-state index in [9.17, 15) is 14.4 Å². The van der Waals surface area contributed by atoms with Crippen LogP contribution in [-0.4, -0.2) is 21.4 Å². The molecule has 0 unspecified atom stereocenters. The van der Waals surface area contributed by atoms with E-state index in [1.165, 1.54) is 22.8 Å². The second-order valence-electron chi connectivity index (χ2n) is 6.45. The normalized spacial score (nSPS) is 10.8. The van der Waals surface area contributed by atoms with Gasteiger partial charge in [-0.3, -0.25) is 14.2 Å². The van der Waals surface area contributed by atoms with Crippen molar-refractivity contribution in [2.45, 2.75) is 19.9 Å². The molecule has 0 aliphatic heterocycles. The van der Waals surface area contributed by atoms with E-state index in [0.29, 0.717) is 22.0 Å². The summed E-state index contributed by atoms with van der Waals surface area (Å²) in [6, 6.07) is 14.0. The monoisotopic (exact) mass is 423 g/mol. The second kappa shape index (κ2) is 8.34. The van der Waals surface area contributed by atoms with E-state index in [-0.39, 0.29) is 18.9 Å². The predicted octanol–water partition coefficient (Wildman–Crippen LogP) is 3.67. The summed E-state index contributed by atoms with van der Waals surface area (Å²) in [5.74, 6) is -0.731. The molecule has 4 aromatic rings. The first-order valence-corrected chi connectivity index (χ1v) is 9.94. The molecule has 152 valence electrons. The van der Waals surface area contributed by atoms with Gasteiger partial charge in [0.05, 0.1) is 16.8 Å². The molecule has 0 aliphatic rings. The van der Waals surface area contributed by atoms with Gasteiger partial charge in [-0.1, -0.05) is 23.5 Å². The van der Waals surface area contributed by atoms with Crippen molar-refractivity contribution in [1.82, 2.24) is 9.55 Å². The van der Waals surface area contributed by atoms with Crippen LogP contribution in [0.5, 0.6) is 5.75 Å². The number of aryl methyl sites for hydroxylation is 1. The summed E-state index contributed by atoms with van der Waals surface area (Å²) in [6.45, 7) is 1.59. The van der Waals surface area contributed by atoms with Gasteiger partial charge in [0.15, 0.2) is 10.7 Å². The van der Waals surface area contributed by atoms with Crippen LogP contribution in [0.1, 0.15) is 13.3 Å². The lowest BCUT2D eigenvalue weighted by atomic mass is 10.2. The molecule has 1 amide bonds. The molecule has 4 rings (SSSR count). The van der Waals surface area contributed by atoms with Crippen LogP contribution in [0, 0.1) is 0 Å². The number of fused-ring (bicyclic) bond motifs is 1. The number of carbonyl (C=O) groups excluding carboxylic acids is 2. The molecule has 2 aromatic carbocycles. The summed E-state index contributed by atoms with van der Waals surface area (Å²) < 4.78 is 11.9. The fourth-order valence-corrected chi connectivity index (χ4v) is 3.78. The molecule has 2 heterocycles. The SMILES string of the molecule is CC(=O)Nc1ncc(-c2ccc(OC(=O)CCn3c(=O)oc4ccccc43)cc2)s1. The number of thiazole rings is 1. The number of anilines is 1. The van der Waals surface area contributed by atoms with E-state index < -0.39 is 11.7 Å². The lowest BCUT2D eigenvalue weighted by Crippen LogP contribution is -2.18. The second-order valence-corrected chi connectivity index (χ2v) is 7.48. The van der Waals surface area contributed by atoms with Gasteiger partial charge < -0.3 is 14.5 Å². The minimum atomic E-state index is -0.503. The largest absolute Gasteiger partial charge is 0.426 e. The van der Waals surface area contributed by atoms with E-state index in [0.717, 1.165) is 10.4 Å². The Balaban J connectivity index is 1.38. The van der Waals surface area contributed by atoms with Crippen molar-refractivity contribution in [2.24, 2.45) is 0 Å². The highest BCUT2D eigenvalue weighted by molar-refractivity contribution is 7.19. The van der Waals surface area contributed by atoms with Crippen LogP contribution in [0.15, 0.2) is 63.9 Å². The lowest BCUT2D eigenvalue weighted by Gasteiger charge is -2.06. The van der Waals surface area contributed by atoms with E-state index in [1.807, 2.05) is 12.1 Å². The minimum absolute atomic E-state index is 0.0279. The first kappa shape index (κ1) is 19.6. The van der Waals surface area contributed by atoms with E-state index >= 15 is 0 Å². The molecule has 1 N–H and O–H groups in total. The van der Waals surface area contributed by atoms with Gasteiger partial charge in [-0.15, -0.1) is 0 Å². The third-order valence-corrected chi connectivity index (χ3v) is 5.23. The third-order valence-electron chi connectivity index (χ3n) is 4.27. The highest BCUT2D eigenvalue weighted by Gasteiger charge is 2.12. The molecule has 0 atom stereocenters. The predicted molar refractivity (Wildman–Crippen MR) is 113 cm³/mol. The molecular weight excluding hydrogens is 406 g/mol. The number of rotatable bonds is 6. The first-order valence-electron chi connectivity index (χ1n) is 9.12. The summed E-state index contributed by atoms with van der Waals surface area (Å²) in [6.07, 6.45) is 1.70. The lowest BCUT2D eigenvalue weighted by molar-refractivity contribution is -0.134. The number of carbonyl (C=O) groups is 2. The fraction of sp³-hybridized carbons (Fsp3) is 0.143. The Morgan fingerprint density at radius 2 is 1.93 bits per heavy atom. The number of esters is 1. The van der Waals surface area contributed by atoms with Crippen molar-refractivity contribution in [3.05, 3.63) is 65.3 Å². The molecule has 9 heteroatoms. The first-order chi connectivity index (χ1) is 14.5. The smallest absolute Gasteiger partial charge is 0.419 e. The van der Waals surface area contributed by atoms with E-state index in [1.54, 1.807) is 42.6 Å². The zero-order chi connectivity index (χ0) is 21.1. The number of amides is 1. The maximum Gasteiger partial charge on any atom is 0.419 e. The zero-order valence-electron chi connectivity index (χ0n) is 16.0. The van der Waals surface area contributed by atoms with Gasteiger partial charge >= 0.3 is 11.7 Å². The Labute approximate surface area is 174 Å². The maximum absolute atomic E-state index is 12.2. The van der Waals surface area contributed by atoms with Crippen molar-refractivity contribution in [3.8, 4) is 16.2 Å². The minimum Gasteiger partial charge on any atom is -0.426 e. The fourth-order valence-electron chi connectivity index (χ4n) is 2.91. The summed E-state index contributed by atoms with van der Waals surface area (Å²) in [5, 5.41) is 3.16. The third kappa shape index (κ3) is 4.31. The molecular formula is C21H17N3O5S. The molecule has 0 aliphatic carbocycles. The number of benzene rings is 2. The number of nitrogens with one attached hydrogen (secondary N) is 1. The van der Waals surface area contributed by atoms with Crippen LogP contribution >= 0.6 is 11.3 Å². The number of oxazole rings is 1. The van der Waals surface area contributed by atoms with Crippen LogP contribution in [0.25, 0.3) is 21.5 Å². The molecule has 0 spiro atoms. The standard InChI is InChI=1S/C21H17N3O5S/c1-13(25)23-20-22-12-18(30-20)14-6-8-15(9-7-14)28-19(26)10-11-24-16-4-2-3-5-17(16)29-21(24)27/h2-9,12H,10-11H2,1H3,(H,22,23,25). The molecule has 30 heavy (non-hydrogen) atoms. The van der Waals surface area contributed by atoms with Gasteiger partial charge in [0.1, 0.15) is 5.75 Å². The summed E-state index contributed by atoms with van der Waals surface area (Å²) in [5.41, 5.74) is 2.01. The van der Waals surface area contributed by atoms with Crippen LogP contribution in [0.2, 0.25) is 0 Å². The maximum atomic E-state index is 12.2. The molecule has 0 radical (unpaired) electrons. The number of nitrogens with zero attached hydrogens (tertiary/aromatic N) is 2. The number of hydrogen-bond donors (Lipinski definition) is 1. The van der Waals surface area contributed by atoms with Crippen molar-refractivity contribution in [1.29, 1.82) is 0 Å². The number of aromatic nitrogens is 2. The Morgan fingerprint density at radius 1 is 1.17 bits per heavy atom. The molecule has 0 fully saturated rings. The van der Waals surface area contributed by atoms with Crippen LogP contribution in [0.3, 0.4) is 0 Å². The number of ether oxygens (including phenoxy) is 1. The van der Waals surface area contributed by atoms with Crippen LogP contribution < -0.4 is 15.8 Å². The Kier molecular flexibility index (Phi) is 5.44. The van der Waals surface area contributed by atoms with Gasteiger partial charge in [0, 0.05) is 19.7 Å². The molecule has 0 bridgehead atoms. The quantitative estimate of drug-likeness (QED) is 0.375. The summed E-state index contributed by atoms with van der Waals surface area (Å²) >= 11 is 1.35. The average molecular weight is 423 g/mol. The number of para-hydroxylation sites is 2. The Bertz CT molecular complexity index is 1270. The summed E-state index contributed by atoms with van der Waals surface area (Å²) in [4.78, 5) is 40.3. The van der Waals surface area contributed by atoms with Gasteiger partial charge in [-0.05, 0) is 42.0 Å². The molecule has 2 aromatic heterocycles. The zero-order valence-corrected chi connectivity index (χ0v) is 16.8. The molecule has 8 nitrogen and oxygen atoms in total. The Morgan fingerprint density at radius 3 is 2.70 bits per heavy atom.